The van der Waals surface area contributed by atoms with Gasteiger partial charge in [0, 0.05) is 25.7 Å². The molecule has 0 rings (SSSR count). The molecule has 0 bridgehead atoms. The number of aliphatic hydroxyl groups is 1. The summed E-state index contributed by atoms with van der Waals surface area (Å²) in [5.74, 6) is -2.15. The Hall–Kier alpha value is -2.72. The van der Waals surface area contributed by atoms with Crippen LogP contribution in [0.4, 0.5) is 0 Å². The number of allylic oxidation sites excluding steroid dienone is 6. The van der Waals surface area contributed by atoms with Crippen molar-refractivity contribution in [3.8, 4) is 0 Å². The van der Waals surface area contributed by atoms with Crippen LogP contribution in [0, 0.1) is 0 Å². The summed E-state index contributed by atoms with van der Waals surface area (Å²) in [6.45, 7) is 4.92. The lowest BCUT2D eigenvalue weighted by Crippen LogP contribution is -2.30. The van der Waals surface area contributed by atoms with Crippen LogP contribution in [0.3, 0.4) is 0 Å². The quantitative estimate of drug-likeness (QED) is 0.0169. The molecule has 0 saturated heterocycles. The van der Waals surface area contributed by atoms with Gasteiger partial charge < -0.3 is 33.8 Å². The van der Waals surface area contributed by atoms with Crippen LogP contribution in [0.5, 0.6) is 0 Å². The van der Waals surface area contributed by atoms with Gasteiger partial charge in [0.05, 0.1) is 26.4 Å². The molecule has 0 saturated carbocycles. The van der Waals surface area contributed by atoms with E-state index in [4.69, 9.17) is 37.0 Å². The Labute approximate surface area is 598 Å². The van der Waals surface area contributed by atoms with Crippen LogP contribution in [0.1, 0.15) is 387 Å². The second-order valence-electron chi connectivity index (χ2n) is 27.4. The Balaban J connectivity index is 5.31. The fraction of sp³-hybridized carbons (Fsp3) is 0.873. The van der Waals surface area contributed by atoms with Gasteiger partial charge in [-0.15, -0.1) is 0 Å². The SMILES string of the molecule is CCCCCC/C=C\CCCCCCCCCC(=O)OC[C@H](COP(=O)(O)OC[C@H](O)COP(=O)(O)OC[C@@H](COC(=O)CCCCCCC/C=C\CCCCCCCC)OC(=O)CCCCCCC/C=C\CCCCCCCC)OC(=O)CCCCCCCCCCCCCCC. The first-order chi connectivity index (χ1) is 47.7. The van der Waals surface area contributed by atoms with Crippen molar-refractivity contribution < 1.29 is 80.2 Å². The molecule has 0 fully saturated rings. The number of hydrogen-bond donors (Lipinski definition) is 3. The number of hydrogen-bond acceptors (Lipinski definition) is 15. The minimum atomic E-state index is -4.97. The number of aliphatic hydroxyl groups excluding tert-OH is 1. The molecule has 0 radical (unpaired) electrons. The third-order valence-electron chi connectivity index (χ3n) is 17.6. The predicted octanol–water partition coefficient (Wildman–Crippen LogP) is 23.1. The normalized spacial score (nSPS) is 14.1. The third-order valence-corrected chi connectivity index (χ3v) is 19.5. The van der Waals surface area contributed by atoms with Crippen molar-refractivity contribution >= 4 is 39.5 Å². The van der Waals surface area contributed by atoms with Crippen molar-refractivity contribution in [1.29, 1.82) is 0 Å². The molecule has 0 amide bonds. The molecule has 0 aliphatic carbocycles. The van der Waals surface area contributed by atoms with Gasteiger partial charge in [-0.3, -0.25) is 37.3 Å². The molecular weight excluding hydrogens is 1280 g/mol. The number of ether oxygens (including phenoxy) is 4. The van der Waals surface area contributed by atoms with Gasteiger partial charge in [0.25, 0.3) is 0 Å². The predicted molar refractivity (Wildman–Crippen MR) is 400 cm³/mol. The maximum Gasteiger partial charge on any atom is 0.472 e. The van der Waals surface area contributed by atoms with Crippen molar-refractivity contribution in [2.24, 2.45) is 0 Å². The van der Waals surface area contributed by atoms with Crippen LogP contribution >= 0.6 is 15.6 Å². The van der Waals surface area contributed by atoms with Gasteiger partial charge in [-0.25, -0.2) is 9.13 Å². The van der Waals surface area contributed by atoms with Gasteiger partial charge >= 0.3 is 39.5 Å². The summed E-state index contributed by atoms with van der Waals surface area (Å²) in [4.78, 5) is 72.9. The summed E-state index contributed by atoms with van der Waals surface area (Å²) in [7, 11) is -9.93. The summed E-state index contributed by atoms with van der Waals surface area (Å²) >= 11 is 0. The van der Waals surface area contributed by atoms with E-state index in [1.54, 1.807) is 0 Å². The number of esters is 4. The first kappa shape index (κ1) is 95.3. The molecule has 576 valence electrons. The van der Waals surface area contributed by atoms with E-state index in [0.29, 0.717) is 25.7 Å². The summed E-state index contributed by atoms with van der Waals surface area (Å²) in [6, 6.07) is 0. The van der Waals surface area contributed by atoms with E-state index in [9.17, 15) is 43.2 Å². The Morgan fingerprint density at radius 1 is 0.276 bits per heavy atom. The van der Waals surface area contributed by atoms with E-state index in [1.165, 1.54) is 167 Å². The summed E-state index contributed by atoms with van der Waals surface area (Å²) in [5, 5.41) is 10.6. The first-order valence-electron chi connectivity index (χ1n) is 40.2. The Morgan fingerprint density at radius 2 is 0.469 bits per heavy atom. The second kappa shape index (κ2) is 72.6. The van der Waals surface area contributed by atoms with Crippen molar-refractivity contribution in [2.75, 3.05) is 39.6 Å². The molecule has 0 aliphatic heterocycles. The van der Waals surface area contributed by atoms with E-state index < -0.39 is 97.5 Å². The molecule has 0 heterocycles. The van der Waals surface area contributed by atoms with Crippen molar-refractivity contribution in [3.63, 3.8) is 0 Å². The fourth-order valence-corrected chi connectivity index (χ4v) is 13.0. The number of rotatable bonds is 77. The highest BCUT2D eigenvalue weighted by Gasteiger charge is 2.30. The van der Waals surface area contributed by atoms with Gasteiger partial charge in [-0.2, -0.15) is 0 Å². The number of unbranched alkanes of at least 4 members (excludes halogenated alkanes) is 45. The van der Waals surface area contributed by atoms with Gasteiger partial charge in [-0.05, 0) is 103 Å². The summed E-state index contributed by atoms with van der Waals surface area (Å²) in [5.41, 5.74) is 0. The Morgan fingerprint density at radius 3 is 0.714 bits per heavy atom. The maximum absolute atomic E-state index is 13.1. The lowest BCUT2D eigenvalue weighted by atomic mass is 10.0. The third kappa shape index (κ3) is 71.7. The van der Waals surface area contributed by atoms with E-state index in [0.717, 1.165) is 141 Å². The van der Waals surface area contributed by atoms with Crippen LogP contribution in [0.2, 0.25) is 0 Å². The van der Waals surface area contributed by atoms with Gasteiger partial charge in [-0.1, -0.05) is 295 Å². The summed E-state index contributed by atoms with van der Waals surface area (Å²) in [6.07, 6.45) is 68.3. The van der Waals surface area contributed by atoms with Crippen molar-refractivity contribution in [1.82, 2.24) is 0 Å². The Bertz CT molecular complexity index is 2000. The highest BCUT2D eigenvalue weighted by atomic mass is 31.2. The monoisotopic (exact) mass is 1430 g/mol. The molecule has 17 nitrogen and oxygen atoms in total. The Kier molecular flexibility index (Phi) is 70.6. The molecular formula is C79H148O17P2. The molecule has 0 aliphatic rings. The minimum Gasteiger partial charge on any atom is -0.462 e. The van der Waals surface area contributed by atoms with Gasteiger partial charge in [0.15, 0.2) is 12.2 Å². The number of carbonyl (C=O) groups excluding carboxylic acids is 4. The maximum atomic E-state index is 13.1. The number of phosphoric acid groups is 2. The van der Waals surface area contributed by atoms with Gasteiger partial charge in [0.1, 0.15) is 19.3 Å². The smallest absolute Gasteiger partial charge is 0.462 e. The van der Waals surface area contributed by atoms with Crippen LogP contribution in [-0.4, -0.2) is 96.7 Å². The molecule has 0 aromatic carbocycles. The average molecular weight is 1430 g/mol. The largest absolute Gasteiger partial charge is 0.472 e. The molecule has 0 aromatic rings. The van der Waals surface area contributed by atoms with Gasteiger partial charge in [0.2, 0.25) is 0 Å². The molecule has 2 unspecified atom stereocenters. The second-order valence-corrected chi connectivity index (χ2v) is 30.3. The molecule has 98 heavy (non-hydrogen) atoms. The summed E-state index contributed by atoms with van der Waals surface area (Å²) < 4.78 is 68.6. The van der Waals surface area contributed by atoms with E-state index >= 15 is 0 Å². The lowest BCUT2D eigenvalue weighted by Gasteiger charge is -2.21. The van der Waals surface area contributed by atoms with E-state index in [2.05, 4.69) is 64.2 Å². The molecule has 0 aromatic heterocycles. The van der Waals surface area contributed by atoms with Crippen LogP contribution in [0.15, 0.2) is 36.5 Å². The zero-order chi connectivity index (χ0) is 71.8. The van der Waals surface area contributed by atoms with E-state index in [-0.39, 0.29) is 25.7 Å². The lowest BCUT2D eigenvalue weighted by molar-refractivity contribution is -0.161. The molecule has 5 atom stereocenters. The van der Waals surface area contributed by atoms with E-state index in [1.807, 2.05) is 0 Å². The standard InChI is InChI=1S/C79H148O17P2/c1-5-9-13-17-21-25-29-33-36-40-43-47-51-55-59-63-76(81)89-69-74(95-78(83)65-61-57-53-49-45-39-32-28-24-20-16-12-8-4)71-93-97(85,86)91-67-73(80)68-92-98(87,88)94-72-75(96-79(84)66-62-58-54-50-46-42-38-35-31-27-23-19-15-11-7-3)70-90-77(82)64-60-56-52-48-44-41-37-34-30-26-22-18-14-10-6-2/h25,29,34-35,37-38,73-75,80H,5-24,26-28,30-33,36,39-72H2,1-4H3,(H,85,86)(H,87,88)/b29-25-,37-34-,38-35-/t73-,74+,75+/m0/s1. The first-order valence-corrected chi connectivity index (χ1v) is 43.2. The number of carbonyl (C=O) groups is 4. The van der Waals surface area contributed by atoms with Crippen molar-refractivity contribution in [2.45, 2.75) is 406 Å². The topological polar surface area (TPSA) is 237 Å². The average Bonchev–Trinajstić information content (AvgIpc) is 0.959. The van der Waals surface area contributed by atoms with Crippen LogP contribution < -0.4 is 0 Å². The molecule has 0 spiro atoms. The minimum absolute atomic E-state index is 0.0900. The highest BCUT2D eigenvalue weighted by Crippen LogP contribution is 2.45. The zero-order valence-corrected chi connectivity index (χ0v) is 64.8. The van der Waals surface area contributed by atoms with Crippen molar-refractivity contribution in [3.05, 3.63) is 36.5 Å². The van der Waals surface area contributed by atoms with Crippen LogP contribution in [-0.2, 0) is 65.4 Å². The highest BCUT2D eigenvalue weighted by molar-refractivity contribution is 7.47. The zero-order valence-electron chi connectivity index (χ0n) is 63.0. The molecule has 19 heteroatoms. The number of phosphoric ester groups is 2. The van der Waals surface area contributed by atoms with Crippen LogP contribution in [0.25, 0.3) is 0 Å². The molecule has 3 N–H and O–H groups in total. The fourth-order valence-electron chi connectivity index (χ4n) is 11.4.